The monoisotopic (exact) mass is 340 g/mol. The predicted molar refractivity (Wildman–Crippen MR) is 92.1 cm³/mol. The third-order valence-electron chi connectivity index (χ3n) is 5.21. The van der Waals surface area contributed by atoms with Gasteiger partial charge in [-0.05, 0) is 36.5 Å². The van der Waals surface area contributed by atoms with E-state index in [1.165, 1.54) is 0 Å². The van der Waals surface area contributed by atoms with E-state index >= 15 is 0 Å². The Morgan fingerprint density at radius 3 is 2.64 bits per heavy atom. The molecule has 0 unspecified atom stereocenters. The van der Waals surface area contributed by atoms with Gasteiger partial charge >= 0.3 is 5.97 Å². The van der Waals surface area contributed by atoms with Gasteiger partial charge in [-0.15, -0.1) is 0 Å². The first kappa shape index (κ1) is 15.9. The van der Waals surface area contributed by atoms with Gasteiger partial charge in [-0.2, -0.15) is 0 Å². The molecule has 1 aromatic carbocycles. The SMILES string of the molecule is CC(C)c1nc2cc(NC(=O)[C@H]3[C@@H](C(=O)O)[C@H]4C=C[C@H]3C4)ccc2o1. The third-order valence-corrected chi connectivity index (χ3v) is 5.21. The van der Waals surface area contributed by atoms with Crippen molar-refractivity contribution >= 4 is 28.7 Å². The van der Waals surface area contributed by atoms with Crippen LogP contribution in [0.15, 0.2) is 34.8 Å². The number of carbonyl (C=O) groups excluding carboxylic acids is 1. The van der Waals surface area contributed by atoms with Crippen LogP contribution in [0.25, 0.3) is 11.1 Å². The molecule has 6 heteroatoms. The third kappa shape index (κ3) is 2.62. The molecule has 4 rings (SSSR count). The van der Waals surface area contributed by atoms with Crippen LogP contribution >= 0.6 is 0 Å². The molecule has 0 aliphatic heterocycles. The van der Waals surface area contributed by atoms with Crippen LogP contribution in [0.2, 0.25) is 0 Å². The molecule has 0 saturated heterocycles. The van der Waals surface area contributed by atoms with Crippen LogP contribution in [-0.2, 0) is 9.59 Å². The average Bonchev–Trinajstić information content (AvgIpc) is 3.27. The van der Waals surface area contributed by atoms with Crippen molar-refractivity contribution in [3.63, 3.8) is 0 Å². The first-order valence-electron chi connectivity index (χ1n) is 8.56. The van der Waals surface area contributed by atoms with E-state index in [1.807, 2.05) is 26.0 Å². The summed E-state index contributed by atoms with van der Waals surface area (Å²) < 4.78 is 5.67. The minimum Gasteiger partial charge on any atom is -0.481 e. The number of nitrogens with one attached hydrogen (secondary N) is 1. The number of aromatic nitrogens is 1. The van der Waals surface area contributed by atoms with Gasteiger partial charge in [0, 0.05) is 11.6 Å². The molecule has 1 saturated carbocycles. The summed E-state index contributed by atoms with van der Waals surface area (Å²) in [5.41, 5.74) is 1.97. The van der Waals surface area contributed by atoms with Gasteiger partial charge in [0.1, 0.15) is 5.52 Å². The van der Waals surface area contributed by atoms with Crippen LogP contribution in [0.3, 0.4) is 0 Å². The Morgan fingerprint density at radius 1 is 1.24 bits per heavy atom. The Labute approximate surface area is 144 Å². The first-order valence-corrected chi connectivity index (χ1v) is 8.56. The van der Waals surface area contributed by atoms with Gasteiger partial charge in [-0.1, -0.05) is 26.0 Å². The number of hydrogen-bond donors (Lipinski definition) is 2. The number of nitrogens with zero attached hydrogens (tertiary/aromatic N) is 1. The number of carboxylic acids is 1. The van der Waals surface area contributed by atoms with Crippen molar-refractivity contribution < 1.29 is 19.1 Å². The fourth-order valence-corrected chi connectivity index (χ4v) is 4.01. The number of oxazole rings is 1. The van der Waals surface area contributed by atoms with E-state index < -0.39 is 17.8 Å². The number of fused-ring (bicyclic) bond motifs is 3. The fourth-order valence-electron chi connectivity index (χ4n) is 4.01. The summed E-state index contributed by atoms with van der Waals surface area (Å²) >= 11 is 0. The molecule has 25 heavy (non-hydrogen) atoms. The van der Waals surface area contributed by atoms with Crippen LogP contribution in [-0.4, -0.2) is 22.0 Å². The highest BCUT2D eigenvalue weighted by Gasteiger charge is 2.51. The summed E-state index contributed by atoms with van der Waals surface area (Å²) in [5, 5.41) is 12.3. The van der Waals surface area contributed by atoms with Gasteiger partial charge < -0.3 is 14.8 Å². The van der Waals surface area contributed by atoms with Crippen LogP contribution in [0.1, 0.15) is 32.1 Å². The maximum absolute atomic E-state index is 12.7. The zero-order chi connectivity index (χ0) is 17.7. The number of benzene rings is 1. The Morgan fingerprint density at radius 2 is 1.96 bits per heavy atom. The van der Waals surface area contributed by atoms with Gasteiger partial charge in [0.25, 0.3) is 0 Å². The minimum atomic E-state index is -0.898. The number of hydrogen-bond acceptors (Lipinski definition) is 4. The summed E-state index contributed by atoms with van der Waals surface area (Å²) in [6, 6.07) is 5.30. The molecule has 6 nitrogen and oxygen atoms in total. The molecule has 2 aliphatic carbocycles. The van der Waals surface area contributed by atoms with E-state index in [0.717, 1.165) is 6.42 Å². The number of rotatable bonds is 4. The van der Waals surface area contributed by atoms with E-state index in [0.29, 0.717) is 22.7 Å². The van der Waals surface area contributed by atoms with Crippen LogP contribution in [0.5, 0.6) is 0 Å². The Bertz CT molecular complexity index is 883. The van der Waals surface area contributed by atoms with Crippen LogP contribution in [0, 0.1) is 23.7 Å². The molecular formula is C19H20N2O4. The molecule has 1 aromatic heterocycles. The lowest BCUT2D eigenvalue weighted by molar-refractivity contribution is -0.146. The van der Waals surface area contributed by atoms with Crippen molar-refractivity contribution in [3.05, 3.63) is 36.2 Å². The smallest absolute Gasteiger partial charge is 0.307 e. The highest BCUT2D eigenvalue weighted by atomic mass is 16.4. The number of amides is 1. The van der Waals surface area contributed by atoms with E-state index in [2.05, 4.69) is 10.3 Å². The molecule has 4 atom stereocenters. The van der Waals surface area contributed by atoms with Crippen molar-refractivity contribution in [2.75, 3.05) is 5.32 Å². The van der Waals surface area contributed by atoms with Crippen molar-refractivity contribution in [2.45, 2.75) is 26.2 Å². The second-order valence-electron chi connectivity index (χ2n) is 7.22. The number of allylic oxidation sites excluding steroid dienone is 2. The molecule has 2 aliphatic rings. The van der Waals surface area contributed by atoms with E-state index in [4.69, 9.17) is 4.42 Å². The van der Waals surface area contributed by atoms with E-state index in [1.54, 1.807) is 18.2 Å². The first-order chi connectivity index (χ1) is 11.9. The summed E-state index contributed by atoms with van der Waals surface area (Å²) in [4.78, 5) is 28.7. The van der Waals surface area contributed by atoms with Crippen molar-refractivity contribution in [1.82, 2.24) is 4.98 Å². The average molecular weight is 340 g/mol. The maximum Gasteiger partial charge on any atom is 0.307 e. The molecule has 2 aromatic rings. The highest BCUT2D eigenvalue weighted by molar-refractivity contribution is 5.97. The number of carboxylic acid groups (broad SMARTS) is 1. The Kier molecular flexibility index (Phi) is 3.63. The van der Waals surface area contributed by atoms with Crippen molar-refractivity contribution in [3.8, 4) is 0 Å². The van der Waals surface area contributed by atoms with Gasteiger partial charge in [0.15, 0.2) is 11.5 Å². The number of anilines is 1. The molecule has 1 amide bonds. The fraction of sp³-hybridized carbons (Fsp3) is 0.421. The highest BCUT2D eigenvalue weighted by Crippen LogP contribution is 2.48. The zero-order valence-electron chi connectivity index (χ0n) is 14.1. The zero-order valence-corrected chi connectivity index (χ0v) is 14.1. The van der Waals surface area contributed by atoms with Crippen molar-refractivity contribution in [2.24, 2.45) is 23.7 Å². The summed E-state index contributed by atoms with van der Waals surface area (Å²) in [7, 11) is 0. The molecule has 1 fully saturated rings. The molecular weight excluding hydrogens is 320 g/mol. The maximum atomic E-state index is 12.7. The Hall–Kier alpha value is -2.63. The molecule has 2 N–H and O–H groups in total. The number of carbonyl (C=O) groups is 2. The topological polar surface area (TPSA) is 92.4 Å². The predicted octanol–water partition coefficient (Wildman–Crippen LogP) is 3.41. The lowest BCUT2D eigenvalue weighted by Crippen LogP contribution is -2.36. The van der Waals surface area contributed by atoms with Gasteiger partial charge in [-0.25, -0.2) is 4.98 Å². The van der Waals surface area contributed by atoms with Gasteiger partial charge in [-0.3, -0.25) is 9.59 Å². The summed E-state index contributed by atoms with van der Waals surface area (Å²) in [6.07, 6.45) is 4.65. The quantitative estimate of drug-likeness (QED) is 0.832. The lowest BCUT2D eigenvalue weighted by atomic mass is 9.82. The van der Waals surface area contributed by atoms with Gasteiger partial charge in [0.2, 0.25) is 5.91 Å². The van der Waals surface area contributed by atoms with E-state index in [9.17, 15) is 14.7 Å². The normalized spacial score (nSPS) is 27.3. The molecule has 0 spiro atoms. The molecule has 0 radical (unpaired) electrons. The van der Waals surface area contributed by atoms with Crippen LogP contribution in [0.4, 0.5) is 5.69 Å². The minimum absolute atomic E-state index is 0.00873. The van der Waals surface area contributed by atoms with Crippen molar-refractivity contribution in [1.29, 1.82) is 0 Å². The van der Waals surface area contributed by atoms with E-state index in [-0.39, 0.29) is 23.7 Å². The largest absolute Gasteiger partial charge is 0.481 e. The number of aliphatic carboxylic acids is 1. The lowest BCUT2D eigenvalue weighted by Gasteiger charge is -2.23. The van der Waals surface area contributed by atoms with Crippen LogP contribution < -0.4 is 5.32 Å². The Balaban J connectivity index is 1.57. The molecule has 1 heterocycles. The molecule has 130 valence electrons. The second kappa shape index (κ2) is 5.72. The summed E-state index contributed by atoms with van der Waals surface area (Å²) in [6.45, 7) is 4.00. The standard InChI is InChI=1S/C19H20N2O4/c1-9(2)18-21-13-8-12(5-6-14(13)25-18)20-17(22)15-10-3-4-11(7-10)16(15)19(23)24/h3-6,8-11,15-16H,7H2,1-2H3,(H,20,22)(H,23,24)/t10-,11-,15+,16-/m0/s1. The van der Waals surface area contributed by atoms with Gasteiger partial charge in [0.05, 0.1) is 11.8 Å². The second-order valence-corrected chi connectivity index (χ2v) is 7.22. The molecule has 2 bridgehead atoms. The summed E-state index contributed by atoms with van der Waals surface area (Å²) in [5.74, 6) is -1.49.